The molecular weight excluding hydrogens is 316 g/mol. The van der Waals surface area contributed by atoms with Gasteiger partial charge in [0.05, 0.1) is 11.4 Å². The van der Waals surface area contributed by atoms with Gasteiger partial charge in [-0.3, -0.25) is 4.79 Å². The fraction of sp³-hybridized carbons (Fsp3) is 0.118. The van der Waals surface area contributed by atoms with Gasteiger partial charge in [0.1, 0.15) is 0 Å². The van der Waals surface area contributed by atoms with Crippen LogP contribution < -0.4 is 14.8 Å². The monoisotopic (exact) mass is 328 g/mol. The zero-order valence-corrected chi connectivity index (χ0v) is 12.8. The van der Waals surface area contributed by atoms with Gasteiger partial charge in [-0.1, -0.05) is 17.7 Å². The van der Waals surface area contributed by atoms with E-state index in [0.29, 0.717) is 22.2 Å². The molecule has 0 saturated heterocycles. The molecule has 116 valence electrons. The third-order valence-corrected chi connectivity index (χ3v) is 4.06. The van der Waals surface area contributed by atoms with Gasteiger partial charge in [0.2, 0.25) is 12.7 Å². The summed E-state index contributed by atoms with van der Waals surface area (Å²) in [7, 11) is 0. The molecule has 4 rings (SSSR count). The van der Waals surface area contributed by atoms with E-state index < -0.39 is 0 Å². The van der Waals surface area contributed by atoms with Crippen LogP contribution in [0.5, 0.6) is 11.5 Å². The highest BCUT2D eigenvalue weighted by Crippen LogP contribution is 2.34. The molecule has 2 heterocycles. The van der Waals surface area contributed by atoms with Crippen molar-refractivity contribution in [1.82, 2.24) is 4.98 Å². The van der Waals surface area contributed by atoms with Crippen molar-refractivity contribution in [2.45, 2.75) is 6.42 Å². The van der Waals surface area contributed by atoms with Crippen molar-refractivity contribution in [2.75, 3.05) is 12.1 Å². The molecule has 23 heavy (non-hydrogen) atoms. The topological polar surface area (TPSA) is 63.4 Å². The Labute approximate surface area is 137 Å². The fourth-order valence-corrected chi connectivity index (χ4v) is 3.00. The Balaban J connectivity index is 1.53. The zero-order chi connectivity index (χ0) is 15.8. The van der Waals surface area contributed by atoms with E-state index >= 15 is 0 Å². The van der Waals surface area contributed by atoms with E-state index in [1.165, 1.54) is 0 Å². The summed E-state index contributed by atoms with van der Waals surface area (Å²) in [6.07, 6.45) is 2.05. The van der Waals surface area contributed by atoms with E-state index in [2.05, 4.69) is 10.3 Å². The summed E-state index contributed by atoms with van der Waals surface area (Å²) < 4.78 is 10.6. The third-order valence-electron chi connectivity index (χ3n) is 3.74. The number of benzene rings is 2. The van der Waals surface area contributed by atoms with Crippen LogP contribution in [0.1, 0.15) is 5.56 Å². The van der Waals surface area contributed by atoms with E-state index in [0.717, 1.165) is 16.5 Å². The van der Waals surface area contributed by atoms with E-state index in [1.807, 2.05) is 24.4 Å². The molecule has 0 radical (unpaired) electrons. The van der Waals surface area contributed by atoms with Crippen LogP contribution in [0.15, 0.2) is 42.6 Å². The summed E-state index contributed by atoms with van der Waals surface area (Å²) in [5.74, 6) is 1.20. The fourth-order valence-electron chi connectivity index (χ4n) is 2.70. The first-order chi connectivity index (χ1) is 11.2. The number of carbonyl (C=O) groups excluding carboxylic acids is 1. The van der Waals surface area contributed by atoms with E-state index in [1.54, 1.807) is 18.2 Å². The molecule has 1 aliphatic rings. The Morgan fingerprint density at radius 1 is 1.22 bits per heavy atom. The average Bonchev–Trinajstić information content (AvgIpc) is 3.14. The lowest BCUT2D eigenvalue weighted by Crippen LogP contribution is -2.14. The zero-order valence-electron chi connectivity index (χ0n) is 12.1. The Bertz CT molecular complexity index is 904. The van der Waals surface area contributed by atoms with E-state index in [4.69, 9.17) is 21.1 Å². The summed E-state index contributed by atoms with van der Waals surface area (Å²) in [6, 6.07) is 10.9. The number of aromatic nitrogens is 1. The van der Waals surface area contributed by atoms with Crippen molar-refractivity contribution in [3.8, 4) is 11.5 Å². The molecule has 0 spiro atoms. The largest absolute Gasteiger partial charge is 0.454 e. The molecule has 0 fully saturated rings. The highest BCUT2D eigenvalue weighted by Gasteiger charge is 2.15. The highest BCUT2D eigenvalue weighted by atomic mass is 35.5. The standard InChI is InChI=1S/C17H13ClN2O3/c18-12-2-1-3-13-17(12)10(8-19-13)6-16(21)20-11-4-5-14-15(7-11)23-9-22-14/h1-5,7-8,19H,6,9H2,(H,20,21). The quantitative estimate of drug-likeness (QED) is 0.770. The van der Waals surface area contributed by atoms with Crippen molar-refractivity contribution in [1.29, 1.82) is 0 Å². The normalized spacial score (nSPS) is 12.6. The van der Waals surface area contributed by atoms with Gasteiger partial charge < -0.3 is 19.8 Å². The summed E-state index contributed by atoms with van der Waals surface area (Å²) in [5, 5.41) is 4.38. The number of halogens is 1. The second kappa shape index (κ2) is 5.52. The van der Waals surface area contributed by atoms with Crippen molar-refractivity contribution < 1.29 is 14.3 Å². The predicted octanol–water partition coefficient (Wildman–Crippen LogP) is 3.73. The van der Waals surface area contributed by atoms with Crippen LogP contribution in [0.25, 0.3) is 10.9 Å². The maximum Gasteiger partial charge on any atom is 0.231 e. The first-order valence-electron chi connectivity index (χ1n) is 7.15. The number of ether oxygens (including phenoxy) is 2. The number of fused-ring (bicyclic) bond motifs is 2. The molecular formula is C17H13ClN2O3. The van der Waals surface area contributed by atoms with Gasteiger partial charge in [-0.05, 0) is 29.8 Å². The van der Waals surface area contributed by atoms with Crippen molar-refractivity contribution in [3.63, 3.8) is 0 Å². The van der Waals surface area contributed by atoms with Crippen LogP contribution in [-0.2, 0) is 11.2 Å². The van der Waals surface area contributed by atoms with Crippen LogP contribution >= 0.6 is 11.6 Å². The summed E-state index contributed by atoms with van der Waals surface area (Å²) in [5.41, 5.74) is 2.46. The Kier molecular flexibility index (Phi) is 3.35. The number of rotatable bonds is 3. The Hall–Kier alpha value is -2.66. The van der Waals surface area contributed by atoms with E-state index in [9.17, 15) is 4.79 Å². The first-order valence-corrected chi connectivity index (χ1v) is 7.52. The number of aromatic amines is 1. The molecule has 0 saturated carbocycles. The Morgan fingerprint density at radius 2 is 2.09 bits per heavy atom. The van der Waals surface area contributed by atoms with Gasteiger partial charge in [-0.2, -0.15) is 0 Å². The molecule has 6 heteroatoms. The van der Waals surface area contributed by atoms with Gasteiger partial charge in [0.25, 0.3) is 0 Å². The molecule has 2 aromatic carbocycles. The number of H-pyrrole nitrogens is 1. The van der Waals surface area contributed by atoms with Crippen molar-refractivity contribution >= 4 is 34.1 Å². The van der Waals surface area contributed by atoms with Gasteiger partial charge in [0, 0.05) is 28.9 Å². The first kappa shape index (κ1) is 14.0. The minimum atomic E-state index is -0.121. The molecule has 0 bridgehead atoms. The summed E-state index contributed by atoms with van der Waals surface area (Å²) >= 11 is 6.23. The van der Waals surface area contributed by atoms with Crippen LogP contribution in [-0.4, -0.2) is 17.7 Å². The number of hydrogen-bond acceptors (Lipinski definition) is 3. The van der Waals surface area contributed by atoms with Crippen molar-refractivity contribution in [2.24, 2.45) is 0 Å². The van der Waals surface area contributed by atoms with Gasteiger partial charge >= 0.3 is 0 Å². The number of nitrogens with one attached hydrogen (secondary N) is 2. The third kappa shape index (κ3) is 2.59. The molecule has 0 atom stereocenters. The number of carbonyl (C=O) groups is 1. The molecule has 1 aromatic heterocycles. The maximum absolute atomic E-state index is 12.3. The summed E-state index contributed by atoms with van der Waals surface area (Å²) in [4.78, 5) is 15.4. The molecule has 1 aliphatic heterocycles. The minimum Gasteiger partial charge on any atom is -0.454 e. The second-order valence-electron chi connectivity index (χ2n) is 5.27. The van der Waals surface area contributed by atoms with E-state index in [-0.39, 0.29) is 19.1 Å². The van der Waals surface area contributed by atoms with Crippen molar-refractivity contribution in [3.05, 3.63) is 53.2 Å². The molecule has 5 nitrogen and oxygen atoms in total. The molecule has 0 unspecified atom stereocenters. The number of anilines is 1. The van der Waals surface area contributed by atoms with Crippen LogP contribution in [0.2, 0.25) is 5.02 Å². The molecule has 1 amide bonds. The minimum absolute atomic E-state index is 0.121. The van der Waals surface area contributed by atoms with Crippen LogP contribution in [0.3, 0.4) is 0 Å². The smallest absolute Gasteiger partial charge is 0.231 e. The summed E-state index contributed by atoms with van der Waals surface area (Å²) in [6.45, 7) is 0.209. The molecule has 0 aliphatic carbocycles. The lowest BCUT2D eigenvalue weighted by Gasteiger charge is -2.06. The SMILES string of the molecule is O=C(Cc1c[nH]c2cccc(Cl)c12)Nc1ccc2c(c1)OCO2. The highest BCUT2D eigenvalue weighted by molar-refractivity contribution is 6.35. The van der Waals surface area contributed by atoms with Crippen LogP contribution in [0.4, 0.5) is 5.69 Å². The molecule has 2 N–H and O–H groups in total. The lowest BCUT2D eigenvalue weighted by molar-refractivity contribution is -0.115. The van der Waals surface area contributed by atoms with Gasteiger partial charge in [-0.25, -0.2) is 0 Å². The maximum atomic E-state index is 12.3. The number of amides is 1. The Morgan fingerprint density at radius 3 is 3.00 bits per heavy atom. The van der Waals surface area contributed by atoms with Gasteiger partial charge in [-0.15, -0.1) is 0 Å². The van der Waals surface area contributed by atoms with Gasteiger partial charge in [0.15, 0.2) is 11.5 Å². The predicted molar refractivity (Wildman–Crippen MR) is 88.2 cm³/mol. The molecule has 3 aromatic rings. The second-order valence-corrected chi connectivity index (χ2v) is 5.68. The number of hydrogen-bond donors (Lipinski definition) is 2. The van der Waals surface area contributed by atoms with Crippen LogP contribution in [0, 0.1) is 0 Å². The average molecular weight is 329 g/mol. The lowest BCUT2D eigenvalue weighted by atomic mass is 10.1.